The molecule has 0 aromatic heterocycles. The van der Waals surface area contributed by atoms with Gasteiger partial charge in [0.15, 0.2) is 6.61 Å². The number of phenolic OH excluding ortho intramolecular Hbond substituents is 1. The normalized spacial score (nSPS) is 12.2. The quantitative estimate of drug-likeness (QED) is 0.795. The SMILES string of the molecule is Cc1cc(OCC(=O)O)cc(C)c1C(C)c1ccc(C(C)C)cc1O. The first-order valence-corrected chi connectivity index (χ1v) is 8.49. The Balaban J connectivity index is 2.36. The van der Waals surface area contributed by atoms with E-state index in [1.54, 1.807) is 0 Å². The molecule has 1 unspecified atom stereocenters. The van der Waals surface area contributed by atoms with Gasteiger partial charge in [-0.2, -0.15) is 0 Å². The number of rotatable bonds is 6. The highest BCUT2D eigenvalue weighted by Crippen LogP contribution is 2.37. The van der Waals surface area contributed by atoms with Gasteiger partial charge < -0.3 is 14.9 Å². The van der Waals surface area contributed by atoms with Gasteiger partial charge in [0.05, 0.1) is 0 Å². The van der Waals surface area contributed by atoms with Crippen LogP contribution < -0.4 is 4.74 Å². The van der Waals surface area contributed by atoms with Crippen molar-refractivity contribution in [3.8, 4) is 11.5 Å². The van der Waals surface area contributed by atoms with Gasteiger partial charge in [-0.05, 0) is 60.2 Å². The van der Waals surface area contributed by atoms with Gasteiger partial charge in [-0.25, -0.2) is 4.79 Å². The van der Waals surface area contributed by atoms with Crippen LogP contribution in [0.25, 0.3) is 0 Å². The van der Waals surface area contributed by atoms with E-state index in [4.69, 9.17) is 9.84 Å². The third-order valence-corrected chi connectivity index (χ3v) is 4.55. The third-order valence-electron chi connectivity index (χ3n) is 4.55. The fraction of sp³-hybridized carbons (Fsp3) is 0.381. The minimum Gasteiger partial charge on any atom is -0.508 e. The summed E-state index contributed by atoms with van der Waals surface area (Å²) in [6.07, 6.45) is 0. The highest BCUT2D eigenvalue weighted by molar-refractivity contribution is 5.68. The maximum atomic E-state index is 10.7. The first-order chi connectivity index (χ1) is 11.7. The van der Waals surface area contributed by atoms with Crippen molar-refractivity contribution < 1.29 is 19.7 Å². The fourth-order valence-electron chi connectivity index (χ4n) is 3.29. The van der Waals surface area contributed by atoms with Crippen molar-refractivity contribution in [3.05, 3.63) is 58.1 Å². The summed E-state index contributed by atoms with van der Waals surface area (Å²) in [6, 6.07) is 9.59. The average molecular weight is 342 g/mol. The van der Waals surface area contributed by atoms with E-state index < -0.39 is 5.97 Å². The van der Waals surface area contributed by atoms with Gasteiger partial charge in [0.1, 0.15) is 11.5 Å². The lowest BCUT2D eigenvalue weighted by molar-refractivity contribution is -0.139. The highest BCUT2D eigenvalue weighted by atomic mass is 16.5. The zero-order valence-electron chi connectivity index (χ0n) is 15.5. The van der Waals surface area contributed by atoms with E-state index >= 15 is 0 Å². The Morgan fingerprint density at radius 1 is 1.08 bits per heavy atom. The third kappa shape index (κ3) is 4.32. The van der Waals surface area contributed by atoms with Crippen molar-refractivity contribution in [3.63, 3.8) is 0 Å². The molecule has 25 heavy (non-hydrogen) atoms. The molecule has 1 atom stereocenters. The molecule has 0 heterocycles. The zero-order chi connectivity index (χ0) is 18.7. The maximum absolute atomic E-state index is 10.7. The molecule has 0 aliphatic carbocycles. The van der Waals surface area contributed by atoms with Crippen LogP contribution in [0.5, 0.6) is 11.5 Å². The Hall–Kier alpha value is -2.49. The number of carboxylic acid groups (broad SMARTS) is 1. The number of aromatic hydroxyl groups is 1. The van der Waals surface area contributed by atoms with Crippen LogP contribution >= 0.6 is 0 Å². The van der Waals surface area contributed by atoms with E-state index in [0.29, 0.717) is 17.4 Å². The summed E-state index contributed by atoms with van der Waals surface area (Å²) in [5.41, 5.74) is 5.14. The van der Waals surface area contributed by atoms with Crippen molar-refractivity contribution in [2.24, 2.45) is 0 Å². The van der Waals surface area contributed by atoms with Gasteiger partial charge >= 0.3 is 5.97 Å². The zero-order valence-corrected chi connectivity index (χ0v) is 15.5. The smallest absolute Gasteiger partial charge is 0.341 e. The van der Waals surface area contributed by atoms with Gasteiger partial charge in [0, 0.05) is 11.5 Å². The van der Waals surface area contributed by atoms with E-state index in [1.807, 2.05) is 38.1 Å². The number of aryl methyl sites for hydroxylation is 2. The first-order valence-electron chi connectivity index (χ1n) is 8.49. The molecule has 0 radical (unpaired) electrons. The van der Waals surface area contributed by atoms with Crippen molar-refractivity contribution in [1.29, 1.82) is 0 Å². The van der Waals surface area contributed by atoms with Crippen molar-refractivity contribution >= 4 is 5.97 Å². The van der Waals surface area contributed by atoms with Crippen LogP contribution in [0.15, 0.2) is 30.3 Å². The molecule has 0 saturated heterocycles. The van der Waals surface area contributed by atoms with Crippen LogP contribution in [0, 0.1) is 13.8 Å². The van der Waals surface area contributed by atoms with Crippen LogP contribution in [0.1, 0.15) is 60.4 Å². The minimum absolute atomic E-state index is 0.0229. The number of benzene rings is 2. The summed E-state index contributed by atoms with van der Waals surface area (Å²) in [5, 5.41) is 19.2. The number of carbonyl (C=O) groups is 1. The van der Waals surface area contributed by atoms with Gasteiger partial charge in [0.25, 0.3) is 0 Å². The van der Waals surface area contributed by atoms with Crippen LogP contribution in [-0.2, 0) is 4.79 Å². The van der Waals surface area contributed by atoms with E-state index in [1.165, 1.54) is 0 Å². The van der Waals surface area contributed by atoms with E-state index in [0.717, 1.165) is 27.8 Å². The molecule has 2 aromatic carbocycles. The number of carboxylic acids is 1. The predicted molar refractivity (Wildman–Crippen MR) is 98.8 cm³/mol. The van der Waals surface area contributed by atoms with Crippen LogP contribution in [0.3, 0.4) is 0 Å². The van der Waals surface area contributed by atoms with Crippen molar-refractivity contribution in [2.45, 2.75) is 46.5 Å². The van der Waals surface area contributed by atoms with Crippen LogP contribution in [-0.4, -0.2) is 22.8 Å². The van der Waals surface area contributed by atoms with E-state index in [9.17, 15) is 9.90 Å². The molecule has 2 N–H and O–H groups in total. The summed E-state index contributed by atoms with van der Waals surface area (Å²) in [5.74, 6) is 0.249. The maximum Gasteiger partial charge on any atom is 0.341 e. The molecule has 0 bridgehead atoms. The lowest BCUT2D eigenvalue weighted by Gasteiger charge is -2.21. The number of phenols is 1. The molecular formula is C21H26O4. The van der Waals surface area contributed by atoms with Crippen LogP contribution in [0.4, 0.5) is 0 Å². The standard InChI is InChI=1S/C21H26O4/c1-12(2)16-6-7-18(19(22)10-16)15(5)21-13(3)8-17(9-14(21)4)25-11-20(23)24/h6-10,12,15,22H,11H2,1-5H3,(H,23,24). The lowest BCUT2D eigenvalue weighted by Crippen LogP contribution is -2.10. The molecule has 4 heteroatoms. The minimum atomic E-state index is -0.997. The molecular weight excluding hydrogens is 316 g/mol. The second kappa shape index (κ2) is 7.60. The number of ether oxygens (including phenoxy) is 1. The molecule has 4 nitrogen and oxygen atoms in total. The summed E-state index contributed by atoms with van der Waals surface area (Å²) >= 11 is 0. The second-order valence-corrected chi connectivity index (χ2v) is 6.85. The lowest BCUT2D eigenvalue weighted by atomic mass is 9.85. The van der Waals surface area contributed by atoms with Crippen molar-refractivity contribution in [2.75, 3.05) is 6.61 Å². The molecule has 0 aliphatic heterocycles. The monoisotopic (exact) mass is 342 g/mol. The Labute approximate surface area is 149 Å². The van der Waals surface area contributed by atoms with Crippen molar-refractivity contribution in [1.82, 2.24) is 0 Å². The molecule has 2 rings (SSSR count). The largest absolute Gasteiger partial charge is 0.508 e. The van der Waals surface area contributed by atoms with Crippen LogP contribution in [0.2, 0.25) is 0 Å². The first kappa shape index (κ1) is 18.8. The summed E-state index contributed by atoms with van der Waals surface area (Å²) in [7, 11) is 0. The summed E-state index contributed by atoms with van der Waals surface area (Å²) < 4.78 is 5.29. The van der Waals surface area contributed by atoms with E-state index in [2.05, 4.69) is 26.8 Å². The van der Waals surface area contributed by atoms with E-state index in [-0.39, 0.29) is 12.5 Å². The van der Waals surface area contributed by atoms with Gasteiger partial charge in [0.2, 0.25) is 0 Å². The number of aliphatic carboxylic acids is 1. The Bertz CT molecular complexity index is 754. The predicted octanol–water partition coefficient (Wildman–Crippen LogP) is 4.75. The summed E-state index contributed by atoms with van der Waals surface area (Å²) in [4.78, 5) is 10.7. The second-order valence-electron chi connectivity index (χ2n) is 6.85. The molecule has 0 fully saturated rings. The average Bonchev–Trinajstić information content (AvgIpc) is 2.51. The van der Waals surface area contributed by atoms with Gasteiger partial charge in [-0.1, -0.05) is 32.9 Å². The molecule has 0 saturated carbocycles. The highest BCUT2D eigenvalue weighted by Gasteiger charge is 2.18. The molecule has 134 valence electrons. The Morgan fingerprint density at radius 2 is 1.68 bits per heavy atom. The van der Waals surface area contributed by atoms with Gasteiger partial charge in [-0.3, -0.25) is 0 Å². The summed E-state index contributed by atoms with van der Waals surface area (Å²) in [6.45, 7) is 9.87. The van der Waals surface area contributed by atoms with Gasteiger partial charge in [-0.15, -0.1) is 0 Å². The molecule has 0 spiro atoms. The Kier molecular flexibility index (Phi) is 5.73. The fourth-order valence-corrected chi connectivity index (χ4v) is 3.29. The topological polar surface area (TPSA) is 66.8 Å². The molecule has 2 aromatic rings. The molecule has 0 amide bonds. The Morgan fingerprint density at radius 3 is 2.16 bits per heavy atom. The molecule has 0 aliphatic rings. The number of hydrogen-bond acceptors (Lipinski definition) is 3. The number of hydrogen-bond donors (Lipinski definition) is 2.